The van der Waals surface area contributed by atoms with Gasteiger partial charge >= 0.3 is 11.9 Å². The third-order valence-corrected chi connectivity index (χ3v) is 7.69. The Morgan fingerprint density at radius 1 is 0.941 bits per heavy atom. The lowest BCUT2D eigenvalue weighted by Gasteiger charge is -2.56. The molecule has 6 rings (SSSR count). The van der Waals surface area contributed by atoms with Gasteiger partial charge < -0.3 is 19.7 Å². The summed E-state index contributed by atoms with van der Waals surface area (Å²) in [7, 11) is 2.52. The van der Waals surface area contributed by atoms with Crippen LogP contribution in [0.2, 0.25) is 0 Å². The minimum Gasteiger partial charge on any atom is -0.465 e. The standard InChI is InChI=1S/C27H30N2O5/c1-33-25(31)22-8-3-4-9-29(23(22)26(32)34-2)21-7-5-6-20(13-21)24(30)28-27-14-17-10-18(15-27)12-19(11-17)16-27/h3-9,13,17-19H,10-12,14-16H2,1-2H3,(H,28,30). The first kappa shape index (κ1) is 22.4. The Balaban J connectivity index is 1.44. The Morgan fingerprint density at radius 2 is 1.59 bits per heavy atom. The van der Waals surface area contributed by atoms with E-state index in [9.17, 15) is 14.4 Å². The maximum absolute atomic E-state index is 13.4. The zero-order valence-corrected chi connectivity index (χ0v) is 19.6. The molecule has 1 amide bonds. The molecule has 34 heavy (non-hydrogen) atoms. The van der Waals surface area contributed by atoms with Gasteiger partial charge in [0.15, 0.2) is 0 Å². The van der Waals surface area contributed by atoms with Crippen LogP contribution in [0.1, 0.15) is 48.9 Å². The van der Waals surface area contributed by atoms with Crippen LogP contribution in [0.25, 0.3) is 0 Å². The summed E-state index contributed by atoms with van der Waals surface area (Å²) in [6.45, 7) is 0. The van der Waals surface area contributed by atoms with Crippen molar-refractivity contribution in [2.45, 2.75) is 44.1 Å². The number of methoxy groups -OCH3 is 2. The first-order valence-electron chi connectivity index (χ1n) is 11.9. The van der Waals surface area contributed by atoms with Crippen molar-refractivity contribution in [1.29, 1.82) is 0 Å². The van der Waals surface area contributed by atoms with Gasteiger partial charge in [0.05, 0.1) is 19.8 Å². The Labute approximate surface area is 199 Å². The Bertz CT molecular complexity index is 1080. The van der Waals surface area contributed by atoms with Gasteiger partial charge in [-0.25, -0.2) is 9.59 Å². The first-order chi connectivity index (χ1) is 16.4. The number of esters is 2. The summed E-state index contributed by atoms with van der Waals surface area (Å²) in [6.07, 6.45) is 13.7. The number of hydrogen-bond acceptors (Lipinski definition) is 6. The Hall–Kier alpha value is -3.35. The summed E-state index contributed by atoms with van der Waals surface area (Å²) in [5.74, 6) is 0.768. The highest BCUT2D eigenvalue weighted by Crippen LogP contribution is 2.55. The molecule has 1 aromatic rings. The number of amides is 1. The van der Waals surface area contributed by atoms with Crippen LogP contribution in [-0.2, 0) is 19.1 Å². The predicted octanol–water partition coefficient (Wildman–Crippen LogP) is 3.88. The van der Waals surface area contributed by atoms with E-state index in [1.807, 2.05) is 0 Å². The van der Waals surface area contributed by atoms with Gasteiger partial charge in [-0.3, -0.25) is 4.79 Å². The van der Waals surface area contributed by atoms with E-state index in [2.05, 4.69) is 5.32 Å². The van der Waals surface area contributed by atoms with Gasteiger partial charge in [0.25, 0.3) is 5.91 Å². The van der Waals surface area contributed by atoms with Gasteiger partial charge in [-0.05, 0) is 86.6 Å². The zero-order valence-electron chi connectivity index (χ0n) is 19.6. The number of benzene rings is 1. The van der Waals surface area contributed by atoms with E-state index in [0.717, 1.165) is 37.0 Å². The molecule has 7 nitrogen and oxygen atoms in total. The highest BCUT2D eigenvalue weighted by atomic mass is 16.5. The summed E-state index contributed by atoms with van der Waals surface area (Å²) in [4.78, 5) is 40.0. The summed E-state index contributed by atoms with van der Waals surface area (Å²) in [5.41, 5.74) is 1.09. The first-order valence-corrected chi connectivity index (χ1v) is 11.9. The molecule has 7 heteroatoms. The van der Waals surface area contributed by atoms with Gasteiger partial charge in [-0.1, -0.05) is 12.1 Å². The molecule has 0 aromatic heterocycles. The van der Waals surface area contributed by atoms with E-state index in [1.165, 1.54) is 39.6 Å². The molecule has 5 aliphatic rings. The topological polar surface area (TPSA) is 84.9 Å². The SMILES string of the molecule is COC(=O)C1=C(C(=O)OC)N(c2cccc(C(=O)NC34CC5CC(CC(C5)C3)C4)c2)C=CC=C1. The normalized spacial score (nSPS) is 29.1. The van der Waals surface area contributed by atoms with E-state index in [4.69, 9.17) is 9.47 Å². The van der Waals surface area contributed by atoms with Crippen LogP contribution in [0.15, 0.2) is 60.0 Å². The molecule has 0 unspecified atom stereocenters. The molecular weight excluding hydrogens is 432 g/mol. The average Bonchev–Trinajstić information content (AvgIpc) is 3.05. The van der Waals surface area contributed by atoms with E-state index in [-0.39, 0.29) is 22.7 Å². The van der Waals surface area contributed by atoms with Crippen molar-refractivity contribution in [3.63, 3.8) is 0 Å². The monoisotopic (exact) mass is 462 g/mol. The van der Waals surface area contributed by atoms with Crippen LogP contribution in [0.4, 0.5) is 5.69 Å². The number of anilines is 1. The summed E-state index contributed by atoms with van der Waals surface area (Å²) in [6, 6.07) is 7.09. The number of allylic oxidation sites excluding steroid dienone is 2. The minimum absolute atomic E-state index is 0.0259. The Kier molecular flexibility index (Phi) is 5.80. The van der Waals surface area contributed by atoms with Crippen molar-refractivity contribution in [3.05, 3.63) is 65.5 Å². The number of rotatable bonds is 5. The highest BCUT2D eigenvalue weighted by Gasteiger charge is 2.51. The van der Waals surface area contributed by atoms with Crippen LogP contribution < -0.4 is 10.2 Å². The lowest BCUT2D eigenvalue weighted by molar-refractivity contribution is -0.139. The number of nitrogens with one attached hydrogen (secondary N) is 1. The smallest absolute Gasteiger partial charge is 0.355 e. The summed E-state index contributed by atoms with van der Waals surface area (Å²) in [5, 5.41) is 3.40. The van der Waals surface area contributed by atoms with Gasteiger partial charge in [-0.15, -0.1) is 0 Å². The van der Waals surface area contributed by atoms with Gasteiger partial charge in [0, 0.05) is 23.0 Å². The molecule has 178 valence electrons. The molecule has 0 spiro atoms. The van der Waals surface area contributed by atoms with Crippen LogP contribution in [0.5, 0.6) is 0 Å². The lowest BCUT2D eigenvalue weighted by atomic mass is 9.53. The van der Waals surface area contributed by atoms with Gasteiger partial charge in [0.1, 0.15) is 5.70 Å². The maximum atomic E-state index is 13.4. The second-order valence-electron chi connectivity index (χ2n) is 10.0. The molecule has 0 atom stereocenters. The van der Waals surface area contributed by atoms with Crippen LogP contribution >= 0.6 is 0 Å². The molecule has 0 radical (unpaired) electrons. The number of ether oxygens (including phenoxy) is 2. The fourth-order valence-corrected chi connectivity index (χ4v) is 6.74. The predicted molar refractivity (Wildman–Crippen MR) is 127 cm³/mol. The number of carbonyl (C=O) groups excluding carboxylic acids is 3. The maximum Gasteiger partial charge on any atom is 0.355 e. The van der Waals surface area contributed by atoms with E-state index in [1.54, 1.807) is 47.5 Å². The quantitative estimate of drug-likeness (QED) is 0.669. The fraction of sp³-hybridized carbons (Fsp3) is 0.444. The van der Waals surface area contributed by atoms with Crippen LogP contribution in [-0.4, -0.2) is 37.6 Å². The van der Waals surface area contributed by atoms with E-state index < -0.39 is 11.9 Å². The average molecular weight is 463 g/mol. The lowest BCUT2D eigenvalue weighted by Crippen LogP contribution is -2.59. The minimum atomic E-state index is -0.681. The molecule has 1 heterocycles. The molecule has 1 aromatic carbocycles. The molecule has 4 bridgehead atoms. The van der Waals surface area contributed by atoms with Crippen LogP contribution in [0, 0.1) is 17.8 Å². The van der Waals surface area contributed by atoms with Crippen molar-refractivity contribution < 1.29 is 23.9 Å². The number of nitrogens with zero attached hydrogens (tertiary/aromatic N) is 1. The third-order valence-electron chi connectivity index (χ3n) is 7.69. The Morgan fingerprint density at radius 3 is 2.21 bits per heavy atom. The van der Waals surface area contributed by atoms with E-state index in [0.29, 0.717) is 11.3 Å². The van der Waals surface area contributed by atoms with Gasteiger partial charge in [-0.2, -0.15) is 0 Å². The van der Waals surface area contributed by atoms with Gasteiger partial charge in [0.2, 0.25) is 0 Å². The molecule has 4 saturated carbocycles. The molecule has 4 fully saturated rings. The van der Waals surface area contributed by atoms with Crippen LogP contribution in [0.3, 0.4) is 0 Å². The van der Waals surface area contributed by atoms with Crippen molar-refractivity contribution >= 4 is 23.5 Å². The second kappa shape index (κ2) is 8.78. The second-order valence-corrected chi connectivity index (χ2v) is 10.0. The molecule has 1 aliphatic heterocycles. The summed E-state index contributed by atoms with van der Waals surface area (Å²) < 4.78 is 9.84. The molecule has 4 aliphatic carbocycles. The van der Waals surface area contributed by atoms with Crippen molar-refractivity contribution in [1.82, 2.24) is 5.32 Å². The fourth-order valence-electron chi connectivity index (χ4n) is 6.74. The number of carbonyl (C=O) groups is 3. The van der Waals surface area contributed by atoms with Crippen molar-refractivity contribution in [3.8, 4) is 0 Å². The molecule has 1 N–H and O–H groups in total. The number of hydrogen-bond donors (Lipinski definition) is 1. The third kappa shape index (κ3) is 4.04. The van der Waals surface area contributed by atoms with E-state index >= 15 is 0 Å². The van der Waals surface area contributed by atoms with Crippen molar-refractivity contribution in [2.24, 2.45) is 17.8 Å². The molecule has 0 saturated heterocycles. The highest BCUT2D eigenvalue weighted by molar-refractivity contribution is 6.05. The zero-order chi connectivity index (χ0) is 23.9. The molecular formula is C27H30N2O5. The largest absolute Gasteiger partial charge is 0.465 e. The summed E-state index contributed by atoms with van der Waals surface area (Å²) >= 11 is 0. The van der Waals surface area contributed by atoms with Crippen molar-refractivity contribution in [2.75, 3.05) is 19.1 Å².